The van der Waals surface area contributed by atoms with E-state index in [1.54, 1.807) is 7.05 Å². The van der Waals surface area contributed by atoms with E-state index in [1.165, 1.54) is 49.8 Å². The van der Waals surface area contributed by atoms with Crippen molar-refractivity contribution in [2.75, 3.05) is 18.6 Å². The highest BCUT2D eigenvalue weighted by Crippen LogP contribution is 2.36. The van der Waals surface area contributed by atoms with E-state index in [9.17, 15) is 19.2 Å². The molecular weight excluding hydrogens is 426 g/mol. The lowest BCUT2D eigenvalue weighted by atomic mass is 10.1. The molecule has 1 aliphatic heterocycles. The van der Waals surface area contributed by atoms with E-state index in [4.69, 9.17) is 18.9 Å². The van der Waals surface area contributed by atoms with Crippen LogP contribution in [0, 0.1) is 0 Å². The average molecular weight is 449 g/mol. The number of imidazole rings is 1. The monoisotopic (exact) mass is 449 g/mol. The number of hydrogen-bond acceptors (Lipinski definition) is 11. The molecule has 4 atom stereocenters. The molecule has 2 aromatic rings. The minimum absolute atomic E-state index is 0.235. The van der Waals surface area contributed by atoms with Gasteiger partial charge < -0.3 is 18.9 Å². The lowest BCUT2D eigenvalue weighted by Gasteiger charge is -2.23. The van der Waals surface area contributed by atoms with Gasteiger partial charge in [-0.2, -0.15) is 0 Å². The third-order valence-electron chi connectivity index (χ3n) is 4.74. The molecule has 3 heterocycles. The summed E-state index contributed by atoms with van der Waals surface area (Å²) in [6.07, 6.45) is -1.44. The molecule has 13 heteroatoms. The Morgan fingerprint density at radius 2 is 1.66 bits per heavy atom. The molecule has 32 heavy (non-hydrogen) atoms. The Kier molecular flexibility index (Phi) is 6.67. The van der Waals surface area contributed by atoms with Crippen LogP contribution in [0.15, 0.2) is 12.7 Å². The number of fused-ring (bicyclic) bond motifs is 1. The molecule has 13 nitrogen and oxygen atoms in total. The topological polar surface area (TPSA) is 152 Å². The van der Waals surface area contributed by atoms with Crippen LogP contribution < -0.4 is 4.90 Å². The van der Waals surface area contributed by atoms with Crippen LogP contribution >= 0.6 is 0 Å². The Balaban J connectivity index is 2.05. The Labute approximate surface area is 182 Å². The predicted octanol–water partition coefficient (Wildman–Crippen LogP) is 0.133. The summed E-state index contributed by atoms with van der Waals surface area (Å²) >= 11 is 0. The summed E-state index contributed by atoms with van der Waals surface area (Å²) in [6, 6.07) is 0. The molecule has 4 unspecified atom stereocenters. The highest BCUT2D eigenvalue weighted by molar-refractivity contribution is 5.97. The zero-order chi connectivity index (χ0) is 23.6. The van der Waals surface area contributed by atoms with Crippen LogP contribution in [0.25, 0.3) is 11.2 Å². The van der Waals surface area contributed by atoms with Crippen molar-refractivity contribution in [1.29, 1.82) is 0 Å². The van der Waals surface area contributed by atoms with E-state index in [0.717, 1.165) is 0 Å². The van der Waals surface area contributed by atoms with E-state index in [1.807, 2.05) is 0 Å². The summed E-state index contributed by atoms with van der Waals surface area (Å²) in [6.45, 7) is 4.77. The molecule has 0 aliphatic carbocycles. The fourth-order valence-corrected chi connectivity index (χ4v) is 3.34. The van der Waals surface area contributed by atoms with Gasteiger partial charge >= 0.3 is 17.9 Å². The number of nitrogens with zero attached hydrogens (tertiary/aromatic N) is 5. The van der Waals surface area contributed by atoms with Crippen LogP contribution in [0.3, 0.4) is 0 Å². The highest BCUT2D eigenvalue weighted by atomic mass is 16.7. The van der Waals surface area contributed by atoms with Crippen LogP contribution in [0.5, 0.6) is 0 Å². The smallest absolute Gasteiger partial charge is 0.303 e. The number of carbonyl (C=O) groups excluding carboxylic acids is 4. The number of carbonyl (C=O) groups is 4. The average Bonchev–Trinajstić information content (AvgIpc) is 3.27. The molecule has 2 aromatic heterocycles. The van der Waals surface area contributed by atoms with Gasteiger partial charge in [-0.25, -0.2) is 15.0 Å². The Bertz CT molecular complexity index is 1050. The lowest BCUT2D eigenvalue weighted by molar-refractivity contribution is -0.166. The minimum atomic E-state index is -1.08. The third-order valence-corrected chi connectivity index (χ3v) is 4.74. The molecule has 0 saturated carbocycles. The summed E-state index contributed by atoms with van der Waals surface area (Å²) in [4.78, 5) is 60.5. The van der Waals surface area contributed by atoms with Gasteiger partial charge in [0.2, 0.25) is 5.91 Å². The summed E-state index contributed by atoms with van der Waals surface area (Å²) in [7, 11) is 1.54. The molecule has 0 spiro atoms. The van der Waals surface area contributed by atoms with Crippen LogP contribution in [-0.2, 0) is 38.1 Å². The Morgan fingerprint density at radius 1 is 1.00 bits per heavy atom. The number of amides is 1. The van der Waals surface area contributed by atoms with Gasteiger partial charge in [0.25, 0.3) is 0 Å². The van der Waals surface area contributed by atoms with Crippen molar-refractivity contribution in [2.45, 2.75) is 52.2 Å². The Hall–Kier alpha value is -3.61. The first-order chi connectivity index (χ1) is 15.1. The van der Waals surface area contributed by atoms with Gasteiger partial charge in [0.1, 0.15) is 19.0 Å². The maximum atomic E-state index is 11.8. The van der Waals surface area contributed by atoms with Crippen LogP contribution in [0.2, 0.25) is 0 Å². The van der Waals surface area contributed by atoms with E-state index in [0.29, 0.717) is 11.2 Å². The van der Waals surface area contributed by atoms with Crippen molar-refractivity contribution in [1.82, 2.24) is 19.5 Å². The molecule has 1 amide bonds. The van der Waals surface area contributed by atoms with Crippen molar-refractivity contribution >= 4 is 40.8 Å². The molecule has 0 radical (unpaired) electrons. The van der Waals surface area contributed by atoms with E-state index in [-0.39, 0.29) is 18.3 Å². The van der Waals surface area contributed by atoms with Crippen LogP contribution in [0.1, 0.15) is 33.9 Å². The van der Waals surface area contributed by atoms with Gasteiger partial charge in [0.15, 0.2) is 35.4 Å². The van der Waals surface area contributed by atoms with Crippen LogP contribution in [0.4, 0.5) is 5.82 Å². The summed E-state index contributed by atoms with van der Waals surface area (Å²) in [5.74, 6) is -1.81. The Morgan fingerprint density at radius 3 is 2.25 bits per heavy atom. The normalized spacial score (nSPS) is 22.4. The van der Waals surface area contributed by atoms with Crippen molar-refractivity contribution in [2.24, 2.45) is 0 Å². The van der Waals surface area contributed by atoms with E-state index in [2.05, 4.69) is 15.0 Å². The molecule has 1 fully saturated rings. The van der Waals surface area contributed by atoms with Crippen molar-refractivity contribution in [3.63, 3.8) is 0 Å². The standard InChI is InChI=1S/C19H23N5O8/c1-9(25)23(5)17-14-18(21-7-20-17)24(8-22-14)19-16(31-12(4)28)15(30-11(3)27)13(32-19)6-29-10(2)26/h7-8,13,15-16,19H,6H2,1-5H3. The first-order valence-electron chi connectivity index (χ1n) is 9.65. The number of esters is 3. The molecule has 0 aromatic carbocycles. The number of anilines is 1. The fourth-order valence-electron chi connectivity index (χ4n) is 3.34. The van der Waals surface area contributed by atoms with Gasteiger partial charge in [-0.1, -0.05) is 0 Å². The predicted molar refractivity (Wildman–Crippen MR) is 106 cm³/mol. The van der Waals surface area contributed by atoms with Crippen molar-refractivity contribution in [3.05, 3.63) is 12.7 Å². The van der Waals surface area contributed by atoms with Crippen LogP contribution in [-0.4, -0.2) is 75.3 Å². The highest BCUT2D eigenvalue weighted by Gasteiger charge is 2.51. The van der Waals surface area contributed by atoms with E-state index >= 15 is 0 Å². The molecule has 172 valence electrons. The molecule has 1 saturated heterocycles. The number of rotatable bonds is 6. The number of aromatic nitrogens is 4. The second-order valence-electron chi connectivity index (χ2n) is 7.12. The second kappa shape index (κ2) is 9.26. The quantitative estimate of drug-likeness (QED) is 0.437. The van der Waals surface area contributed by atoms with Gasteiger partial charge in [0, 0.05) is 34.7 Å². The summed E-state index contributed by atoms with van der Waals surface area (Å²) in [5.41, 5.74) is 0.600. The number of hydrogen-bond donors (Lipinski definition) is 0. The van der Waals surface area contributed by atoms with E-state index < -0.39 is 42.4 Å². The molecule has 3 rings (SSSR count). The lowest BCUT2D eigenvalue weighted by Crippen LogP contribution is -2.40. The summed E-state index contributed by atoms with van der Waals surface area (Å²) < 4.78 is 23.3. The van der Waals surface area contributed by atoms with Gasteiger partial charge in [-0.05, 0) is 0 Å². The largest absolute Gasteiger partial charge is 0.463 e. The molecule has 1 aliphatic rings. The summed E-state index contributed by atoms with van der Waals surface area (Å²) in [5, 5.41) is 0. The number of ether oxygens (including phenoxy) is 4. The van der Waals surface area contributed by atoms with Crippen molar-refractivity contribution in [3.8, 4) is 0 Å². The molecule has 0 N–H and O–H groups in total. The SMILES string of the molecule is CC(=O)OCC1OC(n2cnc3c(N(C)C(C)=O)ncnc32)C(OC(C)=O)C1OC(C)=O. The maximum absolute atomic E-state index is 11.8. The first-order valence-corrected chi connectivity index (χ1v) is 9.65. The second-order valence-corrected chi connectivity index (χ2v) is 7.12. The fraction of sp³-hybridized carbons (Fsp3) is 0.526. The van der Waals surface area contributed by atoms with Crippen molar-refractivity contribution < 1.29 is 38.1 Å². The zero-order valence-corrected chi connectivity index (χ0v) is 18.2. The zero-order valence-electron chi connectivity index (χ0n) is 18.2. The maximum Gasteiger partial charge on any atom is 0.303 e. The third kappa shape index (κ3) is 4.66. The van der Waals surface area contributed by atoms with Gasteiger partial charge in [-0.15, -0.1) is 0 Å². The minimum Gasteiger partial charge on any atom is -0.463 e. The van der Waals surface area contributed by atoms with Gasteiger partial charge in [-0.3, -0.25) is 28.6 Å². The first kappa shape index (κ1) is 23.1. The molecule has 0 bridgehead atoms. The molecular formula is C19H23N5O8. The van der Waals surface area contributed by atoms with Gasteiger partial charge in [0.05, 0.1) is 6.33 Å².